The molecule has 238 valence electrons. The smallest absolute Gasteiger partial charge is 0.366 e. The Morgan fingerprint density at radius 3 is 2.14 bits per heavy atom. The molecule has 0 atom stereocenters. The van der Waals surface area contributed by atoms with Gasteiger partial charge in [-0.1, -0.05) is 28.7 Å². The van der Waals surface area contributed by atoms with Gasteiger partial charge in [0.1, 0.15) is 10.1 Å². The van der Waals surface area contributed by atoms with Gasteiger partial charge in [0, 0.05) is 23.5 Å². The second-order valence-corrected chi connectivity index (χ2v) is 13.9. The summed E-state index contributed by atoms with van der Waals surface area (Å²) >= 11 is 7.04. The number of alkyl halides is 2. The highest BCUT2D eigenvalue weighted by Crippen LogP contribution is 2.34. The van der Waals surface area contributed by atoms with E-state index in [9.17, 15) is 8.78 Å². The number of aromatic nitrogens is 5. The van der Waals surface area contributed by atoms with Gasteiger partial charge >= 0.3 is 5.13 Å². The Kier molecular flexibility index (Phi) is 10.8. The molecule has 0 saturated carbocycles. The van der Waals surface area contributed by atoms with Crippen LogP contribution in [-0.2, 0) is 0 Å². The zero-order valence-electron chi connectivity index (χ0n) is 26.3. The van der Waals surface area contributed by atoms with Crippen molar-refractivity contribution in [2.45, 2.75) is 19.3 Å². The van der Waals surface area contributed by atoms with E-state index in [0.29, 0.717) is 47.5 Å². The molecule has 0 N–H and O–H groups in total. The molecule has 44 heavy (non-hydrogen) atoms. The van der Waals surface area contributed by atoms with Crippen LogP contribution in [0.1, 0.15) is 25.0 Å². The van der Waals surface area contributed by atoms with Gasteiger partial charge < -0.3 is 23.2 Å². The molecule has 4 rings (SSSR count). The highest BCUT2D eigenvalue weighted by Gasteiger charge is 2.31. The van der Waals surface area contributed by atoms with Crippen LogP contribution in [0.2, 0.25) is 4.34 Å². The first-order chi connectivity index (χ1) is 20.8. The van der Waals surface area contributed by atoms with E-state index in [0.717, 1.165) is 46.2 Å². The molecule has 0 amide bonds. The van der Waals surface area contributed by atoms with Crippen LogP contribution in [0.4, 0.5) is 8.78 Å². The van der Waals surface area contributed by atoms with Crippen molar-refractivity contribution in [2.24, 2.45) is 0 Å². The predicted octanol–water partition coefficient (Wildman–Crippen LogP) is 5.22. The summed E-state index contributed by atoms with van der Waals surface area (Å²) in [4.78, 5) is 6.94. The Morgan fingerprint density at radius 1 is 0.909 bits per heavy atom. The van der Waals surface area contributed by atoms with Crippen LogP contribution < -0.4 is 19.0 Å². The molecule has 2 aromatic heterocycles. The summed E-state index contributed by atoms with van der Waals surface area (Å²) in [6, 6.07) is 12.8. The van der Waals surface area contributed by atoms with Crippen molar-refractivity contribution < 1.29 is 36.8 Å². The van der Waals surface area contributed by atoms with E-state index in [1.807, 2.05) is 36.4 Å². The van der Waals surface area contributed by atoms with Gasteiger partial charge in [0.05, 0.1) is 75.7 Å². The number of para-hydroxylation sites is 2. The molecule has 0 spiro atoms. The summed E-state index contributed by atoms with van der Waals surface area (Å²) in [5.41, 5.74) is 0.685. The Hall–Kier alpha value is -3.39. The predicted molar refractivity (Wildman–Crippen MR) is 167 cm³/mol. The number of benzene rings is 2. The fourth-order valence-corrected chi connectivity index (χ4v) is 5.39. The first-order valence-electron chi connectivity index (χ1n) is 14.2. The number of halogens is 3. The third-order valence-electron chi connectivity index (χ3n) is 6.50. The lowest BCUT2D eigenvalue weighted by atomic mass is 10.2. The molecule has 14 heteroatoms. The molecular formula is C30H41ClF2N7O3S+3. The molecule has 0 aliphatic heterocycles. The molecule has 4 aromatic rings. The molecule has 0 bridgehead atoms. The van der Waals surface area contributed by atoms with Crippen LogP contribution >= 0.6 is 22.9 Å². The largest absolute Gasteiger partial charge is 0.493 e. The van der Waals surface area contributed by atoms with Crippen LogP contribution in [0.15, 0.2) is 42.5 Å². The maximum absolute atomic E-state index is 13.6. The molecule has 0 aliphatic rings. The van der Waals surface area contributed by atoms with Crippen LogP contribution in [0.3, 0.4) is 0 Å². The number of thiazole rings is 1. The van der Waals surface area contributed by atoms with E-state index in [1.54, 1.807) is 13.2 Å². The average molecular weight is 653 g/mol. The second kappa shape index (κ2) is 14.1. The van der Waals surface area contributed by atoms with Crippen molar-refractivity contribution in [3.05, 3.63) is 52.5 Å². The van der Waals surface area contributed by atoms with E-state index in [-0.39, 0.29) is 9.47 Å². The van der Waals surface area contributed by atoms with Gasteiger partial charge in [-0.25, -0.2) is 8.78 Å². The molecule has 2 aromatic carbocycles. The van der Waals surface area contributed by atoms with Crippen LogP contribution in [0, 0.1) is 0 Å². The number of hydrogen-bond acceptors (Lipinski definition) is 7. The number of tetrazole rings is 1. The first kappa shape index (κ1) is 33.5. The maximum atomic E-state index is 13.6. The molecule has 10 nitrogen and oxygen atoms in total. The van der Waals surface area contributed by atoms with Crippen LogP contribution in [0.25, 0.3) is 22.2 Å². The summed E-state index contributed by atoms with van der Waals surface area (Å²) < 4.78 is 46.6. The molecular weight excluding hydrogens is 612 g/mol. The lowest BCUT2D eigenvalue weighted by Gasteiger charge is -2.23. The zero-order valence-corrected chi connectivity index (χ0v) is 27.8. The third-order valence-corrected chi connectivity index (χ3v) is 7.75. The van der Waals surface area contributed by atoms with Gasteiger partial charge in [-0.05, 0) is 56.4 Å². The fourth-order valence-electron chi connectivity index (χ4n) is 4.31. The van der Waals surface area contributed by atoms with E-state index >= 15 is 0 Å². The van der Waals surface area contributed by atoms with Gasteiger partial charge in [0.15, 0.2) is 17.2 Å². The van der Waals surface area contributed by atoms with E-state index in [2.05, 4.69) is 52.4 Å². The Labute approximate surface area is 266 Å². The van der Waals surface area contributed by atoms with Crippen molar-refractivity contribution >= 4 is 22.9 Å². The molecule has 0 unspecified atom stereocenters. The molecule has 0 radical (unpaired) electrons. The maximum Gasteiger partial charge on any atom is 0.366 e. The monoisotopic (exact) mass is 652 g/mol. The third kappa shape index (κ3) is 8.84. The standard InChI is InChI=1S/C30H41ClF2N7O3S/c1-39(2,3)16-10-18-42-23-13-9-8-12-22(23)37-35-29(36-38(37)30-34-26(28(32)33)27(31)44-30)21-14-15-24(25(20-21)41-7)43-19-11-17-40(4,5)6/h8-9,12-15,20,28H,10-11,16-19H2,1-7H3/q+3. The Bertz CT molecular complexity index is 1550. The van der Waals surface area contributed by atoms with Crippen LogP contribution in [0.5, 0.6) is 17.2 Å². The average Bonchev–Trinajstić information content (AvgIpc) is 3.57. The minimum absolute atomic E-state index is 0.114. The van der Waals surface area contributed by atoms with Gasteiger partial charge in [-0.3, -0.25) is 0 Å². The number of hydrogen-bond donors (Lipinski definition) is 0. The van der Waals surface area contributed by atoms with Crippen molar-refractivity contribution in [1.29, 1.82) is 0 Å². The number of quaternary nitrogens is 2. The zero-order chi connectivity index (χ0) is 32.1. The van der Waals surface area contributed by atoms with Crippen molar-refractivity contribution in [1.82, 2.24) is 20.0 Å². The van der Waals surface area contributed by atoms with E-state index in [4.69, 9.17) is 30.9 Å². The minimum Gasteiger partial charge on any atom is -0.493 e. The topological polar surface area (TPSA) is 75.2 Å². The SMILES string of the molecule is COc1cc(-c2nn(-c3ccccc3OCCC[N+](C)(C)C)[n+](-c3nc(C(F)F)c(Cl)s3)n2)ccc1OCCC[N+](C)(C)C. The summed E-state index contributed by atoms with van der Waals surface area (Å²) in [6.45, 7) is 2.93. The molecule has 0 saturated heterocycles. The fraction of sp³-hybridized carbons (Fsp3) is 0.467. The number of rotatable bonds is 15. The number of methoxy groups -OCH3 is 1. The second-order valence-electron chi connectivity index (χ2n) is 12.3. The Balaban J connectivity index is 1.71. The summed E-state index contributed by atoms with van der Waals surface area (Å²) in [6.07, 6.45) is -1.11. The van der Waals surface area contributed by atoms with E-state index < -0.39 is 12.1 Å². The quantitative estimate of drug-likeness (QED) is 0.0997. The first-order valence-corrected chi connectivity index (χ1v) is 15.4. The molecule has 0 fully saturated rings. The number of nitrogens with zero attached hydrogens (tertiary/aromatic N) is 7. The summed E-state index contributed by atoms with van der Waals surface area (Å²) in [5, 5.41) is 9.58. The normalized spacial score (nSPS) is 12.2. The molecule has 0 aliphatic carbocycles. The minimum atomic E-state index is -2.83. The lowest BCUT2D eigenvalue weighted by Crippen LogP contribution is -2.43. The highest BCUT2D eigenvalue weighted by atomic mass is 35.5. The van der Waals surface area contributed by atoms with Crippen LogP contribution in [-0.4, -0.2) is 105 Å². The van der Waals surface area contributed by atoms with Crippen molar-refractivity contribution in [2.75, 3.05) is 75.7 Å². The van der Waals surface area contributed by atoms with Gasteiger partial charge in [0.25, 0.3) is 12.2 Å². The summed E-state index contributed by atoms with van der Waals surface area (Å²) in [7, 11) is 14.4. The van der Waals surface area contributed by atoms with Gasteiger partial charge in [0.2, 0.25) is 5.69 Å². The Morgan fingerprint density at radius 2 is 1.55 bits per heavy atom. The van der Waals surface area contributed by atoms with E-state index in [1.165, 1.54) is 9.59 Å². The van der Waals surface area contributed by atoms with Gasteiger partial charge in [-0.2, -0.15) is 0 Å². The number of ether oxygens (including phenoxy) is 3. The highest BCUT2D eigenvalue weighted by molar-refractivity contribution is 7.17. The lowest BCUT2D eigenvalue weighted by molar-refractivity contribution is -0.870. The summed E-state index contributed by atoms with van der Waals surface area (Å²) in [5.74, 6) is 2.00. The van der Waals surface area contributed by atoms with Crippen molar-refractivity contribution in [3.63, 3.8) is 0 Å². The van der Waals surface area contributed by atoms with Gasteiger partial charge in [-0.15, -0.1) is 0 Å². The molecule has 2 heterocycles. The van der Waals surface area contributed by atoms with Crippen molar-refractivity contribution in [3.8, 4) is 39.5 Å².